The lowest BCUT2D eigenvalue weighted by atomic mass is 9.83. The first-order valence-corrected chi connectivity index (χ1v) is 11.7. The predicted octanol–water partition coefficient (Wildman–Crippen LogP) is 5.39. The van der Waals surface area contributed by atoms with Crippen LogP contribution in [0.1, 0.15) is 27.5 Å². The summed E-state index contributed by atoms with van der Waals surface area (Å²) in [6.07, 6.45) is 3.77. The maximum atomic E-state index is 13.8. The van der Waals surface area contributed by atoms with Gasteiger partial charge < -0.3 is 4.90 Å². The van der Waals surface area contributed by atoms with E-state index in [-0.39, 0.29) is 17.6 Å². The molecule has 0 bridgehead atoms. The van der Waals surface area contributed by atoms with Gasteiger partial charge in [0.2, 0.25) is 11.8 Å². The summed E-state index contributed by atoms with van der Waals surface area (Å²) >= 11 is 12.2. The normalized spacial score (nSPS) is 24.8. The van der Waals surface area contributed by atoms with Crippen LogP contribution >= 0.6 is 23.2 Å². The highest BCUT2D eigenvalue weighted by atomic mass is 35.5. The number of Topliss-reactive ketones (excluding diaryl/α,β-unsaturated/α-hetero) is 1. The van der Waals surface area contributed by atoms with Crippen molar-refractivity contribution in [2.45, 2.75) is 12.1 Å². The van der Waals surface area contributed by atoms with E-state index in [1.54, 1.807) is 48.5 Å². The Hall–Kier alpha value is -3.41. The highest BCUT2D eigenvalue weighted by Gasteiger charge is 2.64. The van der Waals surface area contributed by atoms with Gasteiger partial charge in [0.1, 0.15) is 6.04 Å². The van der Waals surface area contributed by atoms with Gasteiger partial charge in [-0.3, -0.25) is 14.4 Å². The fourth-order valence-corrected chi connectivity index (χ4v) is 5.82. The van der Waals surface area contributed by atoms with Crippen LogP contribution in [0.2, 0.25) is 10.0 Å². The van der Waals surface area contributed by atoms with E-state index >= 15 is 0 Å². The van der Waals surface area contributed by atoms with E-state index in [2.05, 4.69) is 0 Å². The van der Waals surface area contributed by atoms with E-state index in [1.807, 2.05) is 41.4 Å². The molecule has 0 N–H and O–H groups in total. The van der Waals surface area contributed by atoms with Gasteiger partial charge in [0, 0.05) is 21.8 Å². The first kappa shape index (κ1) is 21.1. The number of imide groups is 1. The fourth-order valence-electron chi connectivity index (χ4n) is 5.51. The molecule has 2 saturated heterocycles. The SMILES string of the molecule is O=C(c1ccc(Cl)cc1)[C@@H]1[C@@H]2C(=O)N(c3cccc(Cl)c3)C(=O)[C@@H]2[C@@H]2c3ccccc3C=CN12. The Balaban J connectivity index is 1.50. The number of carbonyl (C=O) groups is 3. The Morgan fingerprint density at radius 1 is 0.794 bits per heavy atom. The van der Waals surface area contributed by atoms with Crippen molar-refractivity contribution in [3.8, 4) is 0 Å². The molecule has 3 heterocycles. The Kier molecular flexibility index (Phi) is 4.87. The average Bonchev–Trinajstić information content (AvgIpc) is 3.31. The Labute approximate surface area is 206 Å². The largest absolute Gasteiger partial charge is 0.358 e. The van der Waals surface area contributed by atoms with Crippen molar-refractivity contribution in [2.24, 2.45) is 11.8 Å². The first-order valence-electron chi connectivity index (χ1n) is 10.9. The Morgan fingerprint density at radius 3 is 2.29 bits per heavy atom. The first-order chi connectivity index (χ1) is 16.5. The Morgan fingerprint density at radius 2 is 1.53 bits per heavy atom. The second kappa shape index (κ2) is 7.83. The number of halogens is 2. The van der Waals surface area contributed by atoms with Gasteiger partial charge in [0.25, 0.3) is 0 Å². The van der Waals surface area contributed by atoms with Crippen LogP contribution in [0.5, 0.6) is 0 Å². The highest BCUT2D eigenvalue weighted by molar-refractivity contribution is 6.32. The van der Waals surface area contributed by atoms with Gasteiger partial charge in [-0.25, -0.2) is 4.90 Å². The molecule has 7 heteroatoms. The lowest BCUT2D eigenvalue weighted by Crippen LogP contribution is -2.44. The maximum absolute atomic E-state index is 13.8. The predicted molar refractivity (Wildman–Crippen MR) is 131 cm³/mol. The number of hydrogen-bond acceptors (Lipinski definition) is 4. The molecule has 5 nitrogen and oxygen atoms in total. The van der Waals surface area contributed by atoms with E-state index in [9.17, 15) is 14.4 Å². The summed E-state index contributed by atoms with van der Waals surface area (Å²) in [5.74, 6) is -2.43. The van der Waals surface area contributed by atoms with E-state index in [1.165, 1.54) is 4.90 Å². The summed E-state index contributed by atoms with van der Waals surface area (Å²) in [5.41, 5.74) is 2.77. The topological polar surface area (TPSA) is 57.7 Å². The molecule has 3 aliphatic heterocycles. The zero-order valence-corrected chi connectivity index (χ0v) is 19.3. The molecule has 0 saturated carbocycles. The van der Waals surface area contributed by atoms with Crippen molar-refractivity contribution in [3.05, 3.63) is 106 Å². The lowest BCUT2D eigenvalue weighted by Gasteiger charge is -2.35. The molecule has 3 aromatic rings. The van der Waals surface area contributed by atoms with Crippen LogP contribution in [0.15, 0.2) is 79.0 Å². The van der Waals surface area contributed by atoms with Crippen LogP contribution in [0, 0.1) is 11.8 Å². The molecule has 2 amide bonds. The Bertz CT molecular complexity index is 1380. The van der Waals surface area contributed by atoms with Crippen LogP contribution in [-0.2, 0) is 9.59 Å². The minimum atomic E-state index is -0.824. The average molecular weight is 489 g/mol. The highest BCUT2D eigenvalue weighted by Crippen LogP contribution is 2.53. The van der Waals surface area contributed by atoms with Crippen LogP contribution in [0.25, 0.3) is 6.08 Å². The molecule has 4 atom stereocenters. The van der Waals surface area contributed by atoms with Crippen molar-refractivity contribution in [2.75, 3.05) is 4.90 Å². The van der Waals surface area contributed by atoms with Gasteiger partial charge in [0.05, 0.1) is 23.6 Å². The summed E-state index contributed by atoms with van der Waals surface area (Å²) < 4.78 is 0. The van der Waals surface area contributed by atoms with Crippen molar-refractivity contribution < 1.29 is 14.4 Å². The third kappa shape index (κ3) is 3.04. The van der Waals surface area contributed by atoms with E-state index in [0.717, 1.165) is 11.1 Å². The third-order valence-corrected chi connectivity index (χ3v) is 7.41. The van der Waals surface area contributed by atoms with E-state index in [4.69, 9.17) is 23.2 Å². The van der Waals surface area contributed by atoms with Crippen LogP contribution in [0.3, 0.4) is 0 Å². The van der Waals surface area contributed by atoms with Crippen LogP contribution in [0.4, 0.5) is 5.69 Å². The number of nitrogens with zero attached hydrogens (tertiary/aromatic N) is 2. The molecule has 6 rings (SSSR count). The lowest BCUT2D eigenvalue weighted by molar-refractivity contribution is -0.123. The minimum absolute atomic E-state index is 0.215. The molecule has 0 aliphatic carbocycles. The van der Waals surface area contributed by atoms with Gasteiger partial charge >= 0.3 is 0 Å². The second-order valence-corrected chi connectivity index (χ2v) is 9.57. The maximum Gasteiger partial charge on any atom is 0.240 e. The number of benzene rings is 3. The number of hydrogen-bond donors (Lipinski definition) is 0. The van der Waals surface area contributed by atoms with E-state index < -0.39 is 23.9 Å². The molecule has 2 fully saturated rings. The zero-order chi connectivity index (χ0) is 23.6. The van der Waals surface area contributed by atoms with Gasteiger partial charge in [-0.2, -0.15) is 0 Å². The van der Waals surface area contributed by atoms with Gasteiger partial charge in [-0.1, -0.05) is 53.5 Å². The van der Waals surface area contributed by atoms with Crippen molar-refractivity contribution >= 4 is 52.6 Å². The van der Waals surface area contributed by atoms with Gasteiger partial charge in [-0.05, 0) is 59.7 Å². The molecule has 168 valence electrons. The number of fused-ring (bicyclic) bond motifs is 5. The molecule has 34 heavy (non-hydrogen) atoms. The van der Waals surface area contributed by atoms with E-state index in [0.29, 0.717) is 21.3 Å². The third-order valence-electron chi connectivity index (χ3n) is 6.93. The molecule has 0 unspecified atom stereocenters. The number of carbonyl (C=O) groups excluding carboxylic acids is 3. The number of amides is 2. The molecule has 3 aromatic carbocycles. The smallest absolute Gasteiger partial charge is 0.240 e. The molecule has 0 spiro atoms. The standard InChI is InChI=1S/C27H18Cl2N2O3/c28-17-10-8-16(9-11-17)25(32)24-22-21(23-20-7-2-1-4-15(20)12-13-30(23)24)26(33)31(27(22)34)19-6-3-5-18(29)14-19/h1-14,21-24H/t21-,22+,23-,24-/m0/s1. The van der Waals surface area contributed by atoms with Crippen molar-refractivity contribution in [1.82, 2.24) is 4.90 Å². The molecule has 0 radical (unpaired) electrons. The summed E-state index contributed by atoms with van der Waals surface area (Å²) in [6, 6.07) is 19.8. The zero-order valence-electron chi connectivity index (χ0n) is 17.8. The summed E-state index contributed by atoms with van der Waals surface area (Å²) in [5, 5.41) is 0.946. The molecular weight excluding hydrogens is 471 g/mol. The molecule has 3 aliphatic rings. The van der Waals surface area contributed by atoms with Gasteiger partial charge in [0.15, 0.2) is 5.78 Å². The van der Waals surface area contributed by atoms with Crippen molar-refractivity contribution in [1.29, 1.82) is 0 Å². The fraction of sp³-hybridized carbons (Fsp3) is 0.148. The van der Waals surface area contributed by atoms with Gasteiger partial charge in [-0.15, -0.1) is 0 Å². The molecular formula is C27H18Cl2N2O3. The summed E-state index contributed by atoms with van der Waals surface area (Å²) in [7, 11) is 0. The monoisotopic (exact) mass is 488 g/mol. The summed E-state index contributed by atoms with van der Waals surface area (Å²) in [4.78, 5) is 44.5. The van der Waals surface area contributed by atoms with Crippen molar-refractivity contribution in [3.63, 3.8) is 0 Å². The number of anilines is 1. The summed E-state index contributed by atoms with van der Waals surface area (Å²) in [6.45, 7) is 0. The number of ketones is 1. The minimum Gasteiger partial charge on any atom is -0.358 e. The second-order valence-electron chi connectivity index (χ2n) is 8.70. The van der Waals surface area contributed by atoms with Crippen LogP contribution in [-0.4, -0.2) is 28.5 Å². The quantitative estimate of drug-likeness (QED) is 0.366. The molecule has 0 aromatic heterocycles. The number of rotatable bonds is 3. The van der Waals surface area contributed by atoms with Crippen LogP contribution < -0.4 is 4.90 Å².